The van der Waals surface area contributed by atoms with E-state index in [1.807, 2.05) is 6.92 Å². The van der Waals surface area contributed by atoms with Crippen LogP contribution in [0.5, 0.6) is 0 Å². The van der Waals surface area contributed by atoms with Crippen LogP contribution in [-0.2, 0) is 12.6 Å². The van der Waals surface area contributed by atoms with Gasteiger partial charge in [0.2, 0.25) is 5.13 Å². The van der Waals surface area contributed by atoms with E-state index in [1.54, 1.807) is 0 Å². The van der Waals surface area contributed by atoms with Gasteiger partial charge in [0.1, 0.15) is 10.8 Å². The minimum Gasteiger partial charge on any atom is -0.451 e. The Labute approximate surface area is 154 Å². The van der Waals surface area contributed by atoms with Gasteiger partial charge < -0.3 is 4.42 Å². The number of aryl methyl sites for hydroxylation is 1. The van der Waals surface area contributed by atoms with Crippen LogP contribution in [0.3, 0.4) is 0 Å². The molecule has 2 aromatic heterocycles. The van der Waals surface area contributed by atoms with Gasteiger partial charge in [-0.05, 0) is 36.8 Å². The van der Waals surface area contributed by atoms with Crippen LogP contribution in [-0.4, -0.2) is 16.1 Å². The van der Waals surface area contributed by atoms with Gasteiger partial charge >= 0.3 is 6.18 Å². The van der Waals surface area contributed by atoms with Crippen molar-refractivity contribution < 1.29 is 22.4 Å². The van der Waals surface area contributed by atoms with Crippen molar-refractivity contribution in [3.63, 3.8) is 0 Å². The van der Waals surface area contributed by atoms with Crippen molar-refractivity contribution in [1.82, 2.24) is 10.2 Å². The summed E-state index contributed by atoms with van der Waals surface area (Å²) in [5, 5.41) is 10.9. The number of benzene rings is 1. The predicted molar refractivity (Wildman–Crippen MR) is 91.4 cm³/mol. The lowest BCUT2D eigenvalue weighted by atomic mass is 10.1. The summed E-state index contributed by atoms with van der Waals surface area (Å²) in [4.78, 5) is 12.2. The fourth-order valence-electron chi connectivity index (χ4n) is 2.12. The minimum atomic E-state index is -4.59. The van der Waals surface area contributed by atoms with E-state index in [9.17, 15) is 18.0 Å². The van der Waals surface area contributed by atoms with E-state index in [0.717, 1.165) is 17.1 Å². The first-order valence-corrected chi connectivity index (χ1v) is 8.58. The Kier molecular flexibility index (Phi) is 5.01. The third kappa shape index (κ3) is 3.88. The maximum absolute atomic E-state index is 13.0. The highest BCUT2D eigenvalue weighted by Crippen LogP contribution is 2.37. The molecule has 26 heavy (non-hydrogen) atoms. The number of amides is 1. The summed E-state index contributed by atoms with van der Waals surface area (Å²) in [7, 11) is 0. The Hall–Kier alpha value is -2.39. The Morgan fingerprint density at radius 1 is 1.27 bits per heavy atom. The molecular weight excluding hydrogens is 391 g/mol. The number of halogens is 4. The van der Waals surface area contributed by atoms with Gasteiger partial charge in [-0.3, -0.25) is 10.1 Å². The predicted octanol–water partition coefficient (Wildman–Crippen LogP) is 5.29. The van der Waals surface area contributed by atoms with E-state index in [1.165, 1.54) is 29.5 Å². The molecule has 0 bridgehead atoms. The van der Waals surface area contributed by atoms with Crippen molar-refractivity contribution in [2.24, 2.45) is 0 Å². The summed E-state index contributed by atoms with van der Waals surface area (Å²) in [6.07, 6.45) is -3.90. The highest BCUT2D eigenvalue weighted by atomic mass is 35.5. The number of nitrogens with zero attached hydrogens (tertiary/aromatic N) is 2. The molecule has 3 rings (SSSR count). The lowest BCUT2D eigenvalue weighted by Gasteiger charge is -2.09. The summed E-state index contributed by atoms with van der Waals surface area (Å²) < 4.78 is 44.3. The van der Waals surface area contributed by atoms with Crippen LogP contribution in [0.1, 0.15) is 28.0 Å². The number of rotatable bonds is 4. The Morgan fingerprint density at radius 2 is 2.04 bits per heavy atom. The molecule has 0 aliphatic rings. The third-order valence-corrected chi connectivity index (χ3v) is 4.69. The highest BCUT2D eigenvalue weighted by molar-refractivity contribution is 7.15. The number of hydrogen-bond donors (Lipinski definition) is 1. The van der Waals surface area contributed by atoms with E-state index in [0.29, 0.717) is 11.6 Å². The molecule has 0 unspecified atom stereocenters. The van der Waals surface area contributed by atoms with Crippen LogP contribution in [0.15, 0.2) is 34.7 Å². The van der Waals surface area contributed by atoms with Crippen molar-refractivity contribution >= 4 is 34.0 Å². The van der Waals surface area contributed by atoms with Crippen LogP contribution >= 0.6 is 22.9 Å². The highest BCUT2D eigenvalue weighted by Gasteiger charge is 2.33. The summed E-state index contributed by atoms with van der Waals surface area (Å²) in [6, 6.07) is 6.18. The van der Waals surface area contributed by atoms with Gasteiger partial charge in [0.05, 0.1) is 10.6 Å². The number of hydrogen-bond acceptors (Lipinski definition) is 5. The van der Waals surface area contributed by atoms with Crippen molar-refractivity contribution in [2.75, 3.05) is 5.32 Å². The van der Waals surface area contributed by atoms with Gasteiger partial charge in [-0.2, -0.15) is 13.2 Å². The average Bonchev–Trinajstić information content (AvgIpc) is 3.23. The zero-order chi connectivity index (χ0) is 18.9. The molecule has 0 saturated carbocycles. The Balaban J connectivity index is 1.82. The van der Waals surface area contributed by atoms with E-state index in [-0.39, 0.29) is 17.1 Å². The van der Waals surface area contributed by atoms with Crippen LogP contribution < -0.4 is 5.32 Å². The van der Waals surface area contributed by atoms with Crippen LogP contribution in [0, 0.1) is 0 Å². The SMILES string of the molecule is CCc1nnc(NC(=O)c2ccc(-c3ccc(Cl)c(C(F)(F)F)c3)o2)s1. The summed E-state index contributed by atoms with van der Waals surface area (Å²) >= 11 is 6.83. The van der Waals surface area contributed by atoms with E-state index < -0.39 is 22.7 Å². The monoisotopic (exact) mass is 401 g/mol. The van der Waals surface area contributed by atoms with Crippen LogP contribution in [0.4, 0.5) is 18.3 Å². The van der Waals surface area contributed by atoms with Crippen molar-refractivity contribution in [3.8, 4) is 11.3 Å². The summed E-state index contributed by atoms with van der Waals surface area (Å²) in [5.41, 5.74) is -0.815. The van der Waals surface area contributed by atoms with E-state index in [2.05, 4.69) is 15.5 Å². The van der Waals surface area contributed by atoms with Gasteiger partial charge in [-0.1, -0.05) is 29.9 Å². The van der Waals surface area contributed by atoms with Gasteiger partial charge in [0.15, 0.2) is 5.76 Å². The maximum atomic E-state index is 13.0. The van der Waals surface area contributed by atoms with Gasteiger partial charge in [0, 0.05) is 5.56 Å². The maximum Gasteiger partial charge on any atom is 0.417 e. The topological polar surface area (TPSA) is 68.0 Å². The third-order valence-electron chi connectivity index (χ3n) is 3.38. The van der Waals surface area contributed by atoms with E-state index >= 15 is 0 Å². The van der Waals surface area contributed by atoms with Gasteiger partial charge in [-0.25, -0.2) is 0 Å². The van der Waals surface area contributed by atoms with Crippen LogP contribution in [0.25, 0.3) is 11.3 Å². The normalized spacial score (nSPS) is 11.6. The molecule has 136 valence electrons. The molecule has 0 fully saturated rings. The Bertz CT molecular complexity index is 952. The minimum absolute atomic E-state index is 0.0586. The standard InChI is InChI=1S/C16H11ClF3N3O2S/c1-2-13-22-23-15(26-13)21-14(24)12-6-5-11(25-12)8-3-4-10(17)9(7-8)16(18,19)20/h3-7H,2H2,1H3,(H,21,23,24). The summed E-state index contributed by atoms with van der Waals surface area (Å²) in [6.45, 7) is 1.91. The largest absolute Gasteiger partial charge is 0.451 e. The second-order valence-corrected chi connectivity index (χ2v) is 6.63. The molecule has 10 heteroatoms. The molecule has 0 aliphatic heterocycles. The molecule has 5 nitrogen and oxygen atoms in total. The van der Waals surface area contributed by atoms with Crippen molar-refractivity contribution in [3.05, 3.63) is 51.7 Å². The number of anilines is 1. The van der Waals surface area contributed by atoms with Crippen molar-refractivity contribution in [2.45, 2.75) is 19.5 Å². The molecule has 0 aliphatic carbocycles. The lowest BCUT2D eigenvalue weighted by Crippen LogP contribution is -2.10. The van der Waals surface area contributed by atoms with Gasteiger partial charge in [0.25, 0.3) is 5.91 Å². The molecule has 3 aromatic rings. The molecule has 1 amide bonds. The zero-order valence-corrected chi connectivity index (χ0v) is 14.8. The fraction of sp³-hybridized carbons (Fsp3) is 0.188. The first-order valence-electron chi connectivity index (χ1n) is 7.38. The molecular formula is C16H11ClF3N3O2S. The zero-order valence-electron chi connectivity index (χ0n) is 13.2. The molecule has 0 spiro atoms. The quantitative estimate of drug-likeness (QED) is 0.645. The average molecular weight is 402 g/mol. The summed E-state index contributed by atoms with van der Waals surface area (Å²) in [5.74, 6) is -0.513. The Morgan fingerprint density at radius 3 is 2.69 bits per heavy atom. The number of alkyl halides is 3. The van der Waals surface area contributed by atoms with Crippen LogP contribution in [0.2, 0.25) is 5.02 Å². The molecule has 0 atom stereocenters. The second-order valence-electron chi connectivity index (χ2n) is 5.16. The number of carbonyl (C=O) groups is 1. The molecule has 1 N–H and O–H groups in total. The number of furan rings is 1. The van der Waals surface area contributed by atoms with Gasteiger partial charge in [-0.15, -0.1) is 10.2 Å². The first-order chi connectivity index (χ1) is 12.3. The van der Waals surface area contributed by atoms with Crippen molar-refractivity contribution in [1.29, 1.82) is 0 Å². The molecule has 0 saturated heterocycles. The lowest BCUT2D eigenvalue weighted by molar-refractivity contribution is -0.137. The molecule has 0 radical (unpaired) electrons. The molecule has 1 aromatic carbocycles. The fourth-order valence-corrected chi connectivity index (χ4v) is 3.02. The second kappa shape index (κ2) is 7.08. The number of carbonyl (C=O) groups excluding carboxylic acids is 1. The smallest absolute Gasteiger partial charge is 0.417 e. The van der Waals surface area contributed by atoms with E-state index in [4.69, 9.17) is 16.0 Å². The first kappa shape index (κ1) is 18.4. The number of nitrogens with one attached hydrogen (secondary N) is 1. The number of aromatic nitrogens is 2. The molecule has 2 heterocycles.